The summed E-state index contributed by atoms with van der Waals surface area (Å²) in [5.74, 6) is -0.221. The van der Waals surface area contributed by atoms with Crippen LogP contribution >= 0.6 is 12.2 Å². The van der Waals surface area contributed by atoms with Crippen LogP contribution in [0.25, 0.3) is 0 Å². The van der Waals surface area contributed by atoms with E-state index in [1.165, 1.54) is 12.1 Å². The Hall–Kier alpha value is -3.00. The second-order valence-corrected chi connectivity index (χ2v) is 8.64. The Labute approximate surface area is 198 Å². The van der Waals surface area contributed by atoms with Gasteiger partial charge in [-0.05, 0) is 72.9 Å². The average molecular weight is 467 g/mol. The number of rotatable bonds is 8. The lowest BCUT2D eigenvalue weighted by Gasteiger charge is -2.29. The molecule has 1 heterocycles. The van der Waals surface area contributed by atoms with Gasteiger partial charge in [0.15, 0.2) is 5.11 Å². The number of aromatic hydroxyl groups is 1. The van der Waals surface area contributed by atoms with Crippen molar-refractivity contribution in [2.45, 2.75) is 44.1 Å². The number of anilines is 1. The number of aliphatic hydroxyl groups excluding tert-OH is 2. The van der Waals surface area contributed by atoms with E-state index < -0.39 is 6.10 Å². The number of nitrogens with one attached hydrogen (secondary N) is 1. The van der Waals surface area contributed by atoms with Crippen LogP contribution in [0, 0.1) is 5.82 Å². The number of halogens is 1. The van der Waals surface area contributed by atoms with E-state index in [0.29, 0.717) is 41.1 Å². The Bertz CT molecular complexity index is 1090. The van der Waals surface area contributed by atoms with Gasteiger partial charge in [0.2, 0.25) is 0 Å². The molecule has 1 saturated heterocycles. The number of nitrogens with zero attached hydrogens (tertiary/aromatic N) is 1. The largest absolute Gasteiger partial charge is 0.508 e. The monoisotopic (exact) mass is 466 g/mol. The minimum atomic E-state index is -0.681. The molecular weight excluding hydrogens is 439 g/mol. The summed E-state index contributed by atoms with van der Waals surface area (Å²) in [7, 11) is 0. The van der Waals surface area contributed by atoms with Gasteiger partial charge in [0.1, 0.15) is 11.6 Å². The van der Waals surface area contributed by atoms with Crippen LogP contribution in [-0.2, 0) is 6.61 Å². The first-order valence-electron chi connectivity index (χ1n) is 11.0. The Morgan fingerprint density at radius 1 is 1.03 bits per heavy atom. The lowest BCUT2D eigenvalue weighted by atomic mass is 9.92. The predicted octanol–water partition coefficient (Wildman–Crippen LogP) is 4.73. The van der Waals surface area contributed by atoms with Crippen molar-refractivity contribution in [3.8, 4) is 5.75 Å². The number of aliphatic hydroxyl groups is 2. The van der Waals surface area contributed by atoms with Crippen LogP contribution in [0.4, 0.5) is 10.1 Å². The molecule has 172 valence electrons. The van der Waals surface area contributed by atoms with Gasteiger partial charge in [0, 0.05) is 11.3 Å². The molecule has 3 aromatic carbocycles. The summed E-state index contributed by atoms with van der Waals surface area (Å²) in [6.45, 7) is -0.151. The van der Waals surface area contributed by atoms with Gasteiger partial charge in [-0.25, -0.2) is 4.39 Å². The summed E-state index contributed by atoms with van der Waals surface area (Å²) in [6, 6.07) is 20.5. The van der Waals surface area contributed by atoms with Crippen LogP contribution < -0.4 is 10.2 Å². The summed E-state index contributed by atoms with van der Waals surface area (Å²) in [5, 5.41) is 34.7. The predicted molar refractivity (Wildman–Crippen MR) is 130 cm³/mol. The molecule has 0 unspecified atom stereocenters. The Morgan fingerprint density at radius 2 is 1.76 bits per heavy atom. The summed E-state index contributed by atoms with van der Waals surface area (Å²) < 4.78 is 13.2. The Kier molecular flexibility index (Phi) is 7.23. The first kappa shape index (κ1) is 23.2. The Morgan fingerprint density at radius 3 is 2.42 bits per heavy atom. The topological polar surface area (TPSA) is 76.0 Å². The third kappa shape index (κ3) is 5.16. The lowest BCUT2D eigenvalue weighted by Crippen LogP contribution is -2.29. The molecule has 1 aliphatic heterocycles. The molecule has 4 rings (SSSR count). The zero-order valence-electron chi connectivity index (χ0n) is 18.1. The first-order chi connectivity index (χ1) is 16.0. The van der Waals surface area contributed by atoms with Crippen molar-refractivity contribution >= 4 is 23.0 Å². The number of thiocarbonyl (C=S) groups is 1. The summed E-state index contributed by atoms with van der Waals surface area (Å²) in [4.78, 5) is 2.00. The van der Waals surface area contributed by atoms with Crippen molar-refractivity contribution in [2.75, 3.05) is 4.90 Å². The molecule has 33 heavy (non-hydrogen) atoms. The average Bonchev–Trinajstić information content (AvgIpc) is 3.15. The van der Waals surface area contributed by atoms with Crippen LogP contribution in [0.15, 0.2) is 72.8 Å². The smallest absolute Gasteiger partial charge is 0.174 e. The van der Waals surface area contributed by atoms with Gasteiger partial charge < -0.3 is 25.5 Å². The van der Waals surface area contributed by atoms with Crippen molar-refractivity contribution in [2.24, 2.45) is 0 Å². The van der Waals surface area contributed by atoms with E-state index in [-0.39, 0.29) is 30.3 Å². The van der Waals surface area contributed by atoms with E-state index in [1.807, 2.05) is 41.3 Å². The highest BCUT2D eigenvalue weighted by Gasteiger charge is 2.40. The molecule has 1 fully saturated rings. The number of hydrogen-bond donors (Lipinski definition) is 4. The zero-order valence-corrected chi connectivity index (χ0v) is 18.9. The molecule has 0 amide bonds. The van der Waals surface area contributed by atoms with Gasteiger partial charge in [0.25, 0.3) is 0 Å². The fourth-order valence-electron chi connectivity index (χ4n) is 4.39. The fraction of sp³-hybridized carbons (Fsp3) is 0.269. The molecular formula is C26H27FN2O3S. The normalized spacial score (nSPS) is 18.9. The van der Waals surface area contributed by atoms with Crippen LogP contribution in [0.1, 0.15) is 48.1 Å². The van der Waals surface area contributed by atoms with Crippen LogP contribution in [0.2, 0.25) is 0 Å². The highest BCUT2D eigenvalue weighted by molar-refractivity contribution is 7.80. The van der Waals surface area contributed by atoms with E-state index in [0.717, 1.165) is 5.69 Å². The molecule has 0 radical (unpaired) electrons. The summed E-state index contributed by atoms with van der Waals surface area (Å²) in [5.41, 5.74) is 2.95. The standard InChI is InChI=1S/C26H27FN2O3S/c27-19-12-10-18(11-13-19)23(31)8-4-7-22-25(21-14-9-17(16-30)15-24(21)32)29(26(33)28-22)20-5-2-1-3-6-20/h1-3,5-6,9-15,22-23,25,30-32H,4,7-8,16H2,(H,28,33)/t22-,23-,25-/m1/s1. The highest BCUT2D eigenvalue weighted by atomic mass is 32.1. The zero-order chi connectivity index (χ0) is 23.4. The van der Waals surface area contributed by atoms with Crippen molar-refractivity contribution < 1.29 is 19.7 Å². The van der Waals surface area contributed by atoms with Crippen LogP contribution in [0.3, 0.4) is 0 Å². The molecule has 3 atom stereocenters. The second kappa shape index (κ2) is 10.3. The first-order valence-corrected chi connectivity index (χ1v) is 11.4. The van der Waals surface area contributed by atoms with Crippen molar-refractivity contribution in [1.82, 2.24) is 5.32 Å². The van der Waals surface area contributed by atoms with Crippen LogP contribution in [0.5, 0.6) is 5.75 Å². The van der Waals surface area contributed by atoms with Crippen molar-refractivity contribution in [3.63, 3.8) is 0 Å². The number of phenols is 1. The third-order valence-corrected chi connectivity index (χ3v) is 6.38. The molecule has 7 heteroatoms. The van der Waals surface area contributed by atoms with Gasteiger partial charge in [-0.3, -0.25) is 0 Å². The summed E-state index contributed by atoms with van der Waals surface area (Å²) in [6.07, 6.45) is 1.24. The number of benzene rings is 3. The van der Waals surface area contributed by atoms with E-state index in [1.54, 1.807) is 24.3 Å². The molecule has 4 N–H and O–H groups in total. The van der Waals surface area contributed by atoms with E-state index >= 15 is 0 Å². The maximum absolute atomic E-state index is 13.2. The van der Waals surface area contributed by atoms with E-state index in [2.05, 4.69) is 5.32 Å². The van der Waals surface area contributed by atoms with Crippen molar-refractivity contribution in [1.29, 1.82) is 0 Å². The number of hydrogen-bond acceptors (Lipinski definition) is 4. The maximum Gasteiger partial charge on any atom is 0.174 e. The number of phenolic OH excluding ortho intramolecular Hbond substituents is 1. The molecule has 0 spiro atoms. The summed E-state index contributed by atoms with van der Waals surface area (Å²) >= 11 is 5.67. The molecule has 3 aromatic rings. The highest BCUT2D eigenvalue weighted by Crippen LogP contribution is 2.40. The van der Waals surface area contributed by atoms with E-state index in [9.17, 15) is 19.7 Å². The van der Waals surface area contributed by atoms with Gasteiger partial charge in [0.05, 0.1) is 24.8 Å². The van der Waals surface area contributed by atoms with Gasteiger partial charge >= 0.3 is 0 Å². The van der Waals surface area contributed by atoms with E-state index in [4.69, 9.17) is 12.2 Å². The molecule has 5 nitrogen and oxygen atoms in total. The second-order valence-electron chi connectivity index (χ2n) is 8.26. The quantitative estimate of drug-likeness (QED) is 0.360. The molecule has 0 saturated carbocycles. The molecule has 0 bridgehead atoms. The van der Waals surface area contributed by atoms with Gasteiger partial charge in [-0.2, -0.15) is 0 Å². The van der Waals surface area contributed by atoms with Gasteiger partial charge in [-0.1, -0.05) is 42.5 Å². The Balaban J connectivity index is 1.55. The van der Waals surface area contributed by atoms with Crippen LogP contribution in [-0.4, -0.2) is 26.5 Å². The number of para-hydroxylation sites is 1. The fourth-order valence-corrected chi connectivity index (χ4v) is 4.76. The minimum Gasteiger partial charge on any atom is -0.508 e. The van der Waals surface area contributed by atoms with Crippen molar-refractivity contribution in [3.05, 3.63) is 95.3 Å². The minimum absolute atomic E-state index is 0.0935. The lowest BCUT2D eigenvalue weighted by molar-refractivity contribution is 0.162. The molecule has 1 aliphatic rings. The molecule has 0 aliphatic carbocycles. The molecule has 0 aromatic heterocycles. The maximum atomic E-state index is 13.2. The van der Waals surface area contributed by atoms with Gasteiger partial charge in [-0.15, -0.1) is 0 Å². The third-order valence-electron chi connectivity index (χ3n) is 6.06. The SMILES string of the molecule is OCc1ccc([C@@H]2[C@@H](CCC[C@@H](O)c3ccc(F)cc3)NC(=S)N2c2ccccc2)c(O)c1.